The first-order valence-electron chi connectivity index (χ1n) is 14.7. The van der Waals surface area contributed by atoms with E-state index in [0.29, 0.717) is 45.3 Å². The summed E-state index contributed by atoms with van der Waals surface area (Å²) in [4.78, 5) is 23.5. The molecule has 0 atom stereocenters. The highest BCUT2D eigenvalue weighted by molar-refractivity contribution is 7.70. The van der Waals surface area contributed by atoms with Gasteiger partial charge in [0.25, 0.3) is 0 Å². The van der Waals surface area contributed by atoms with Crippen LogP contribution in [0.1, 0.15) is 52.9 Å². The zero-order chi connectivity index (χ0) is 31.0. The van der Waals surface area contributed by atoms with Gasteiger partial charge in [-0.25, -0.2) is 4.98 Å². The van der Waals surface area contributed by atoms with Crippen molar-refractivity contribution in [3.05, 3.63) is 58.7 Å². The van der Waals surface area contributed by atoms with E-state index in [1.807, 2.05) is 63.2 Å². The fourth-order valence-corrected chi connectivity index (χ4v) is 7.81. The molecule has 3 aromatic rings. The quantitative estimate of drug-likeness (QED) is 0.187. The van der Waals surface area contributed by atoms with Gasteiger partial charge in [0.2, 0.25) is 5.95 Å². The fraction of sp³-hybridized carbons (Fsp3) is 0.469. The summed E-state index contributed by atoms with van der Waals surface area (Å²) < 4.78 is 18.3. The normalized spacial score (nSPS) is 17.0. The van der Waals surface area contributed by atoms with Crippen LogP contribution < -0.4 is 20.8 Å². The van der Waals surface area contributed by atoms with E-state index in [0.717, 1.165) is 55.5 Å². The van der Waals surface area contributed by atoms with Gasteiger partial charge in [-0.3, -0.25) is 4.79 Å². The third-order valence-corrected chi connectivity index (χ3v) is 10.3. The average molecular weight is 645 g/mol. The summed E-state index contributed by atoms with van der Waals surface area (Å²) in [5, 5.41) is 8.17. The van der Waals surface area contributed by atoms with Gasteiger partial charge in [-0.2, -0.15) is 4.98 Å². The predicted molar refractivity (Wildman–Crippen MR) is 178 cm³/mol. The number of para-hydroxylation sites is 1. The molecule has 5 rings (SSSR count). The lowest BCUT2D eigenvalue weighted by Crippen LogP contribution is -2.47. The standard InChI is InChI=1S/C32H40Cl2N5O3P/c1-31(2,3)42-28(40)16-21-18-32(19-21)12-14-39(15-13-32)26-11-10-22(17-23(26)33)36-30-35-20-24(34)29(38-30)37-25-8-6-7-9-27(25)43(4,5)41/h6-11,17,20-21H,12-16,18-19H2,1-5H3,(H2,35,36,37,38). The summed E-state index contributed by atoms with van der Waals surface area (Å²) in [7, 11) is -2.52. The minimum absolute atomic E-state index is 0.0865. The van der Waals surface area contributed by atoms with E-state index in [4.69, 9.17) is 27.9 Å². The number of nitrogens with one attached hydrogen (secondary N) is 2. The first-order valence-corrected chi connectivity index (χ1v) is 18.0. The van der Waals surface area contributed by atoms with Crippen LogP contribution in [0.3, 0.4) is 0 Å². The van der Waals surface area contributed by atoms with Crippen LogP contribution in [0.4, 0.5) is 28.8 Å². The number of ether oxygens (including phenoxy) is 1. The molecular formula is C32H40Cl2N5O3P. The van der Waals surface area contributed by atoms with E-state index in [-0.39, 0.29) is 5.97 Å². The van der Waals surface area contributed by atoms with Crippen molar-refractivity contribution in [3.8, 4) is 0 Å². The maximum Gasteiger partial charge on any atom is 0.306 e. The maximum atomic E-state index is 12.8. The van der Waals surface area contributed by atoms with E-state index >= 15 is 0 Å². The minimum atomic E-state index is -2.52. The van der Waals surface area contributed by atoms with Gasteiger partial charge < -0.3 is 24.8 Å². The van der Waals surface area contributed by atoms with E-state index in [1.165, 1.54) is 6.20 Å². The molecule has 1 aliphatic heterocycles. The molecule has 8 nitrogen and oxygen atoms in total. The summed E-state index contributed by atoms with van der Waals surface area (Å²) in [6, 6.07) is 13.3. The minimum Gasteiger partial charge on any atom is -0.460 e. The molecule has 1 aliphatic carbocycles. The van der Waals surface area contributed by atoms with Crippen molar-refractivity contribution in [3.63, 3.8) is 0 Å². The molecule has 0 unspecified atom stereocenters. The van der Waals surface area contributed by atoms with Crippen LogP contribution in [0.2, 0.25) is 10.0 Å². The maximum absolute atomic E-state index is 12.8. The Morgan fingerprint density at radius 2 is 1.77 bits per heavy atom. The smallest absolute Gasteiger partial charge is 0.306 e. The number of carbonyl (C=O) groups excluding carboxylic acids is 1. The lowest BCUT2D eigenvalue weighted by atomic mass is 9.57. The van der Waals surface area contributed by atoms with Crippen LogP contribution in [0.5, 0.6) is 0 Å². The van der Waals surface area contributed by atoms with E-state index in [1.54, 1.807) is 13.3 Å². The highest BCUT2D eigenvalue weighted by atomic mass is 35.5. The molecule has 1 spiro atoms. The molecule has 0 amide bonds. The molecule has 0 bridgehead atoms. The highest BCUT2D eigenvalue weighted by Crippen LogP contribution is 2.54. The SMILES string of the molecule is CC(C)(C)OC(=O)CC1CC2(CCN(c3ccc(Nc4ncc(Cl)c(Nc5ccccc5P(C)(C)=O)n4)cc3Cl)CC2)C1. The Balaban J connectivity index is 1.18. The van der Waals surface area contributed by atoms with Crippen LogP contribution >= 0.6 is 30.3 Å². The van der Waals surface area contributed by atoms with Crippen LogP contribution in [0, 0.1) is 11.3 Å². The number of carbonyl (C=O) groups is 1. The second kappa shape index (κ2) is 12.3. The molecule has 0 radical (unpaired) electrons. The third kappa shape index (κ3) is 7.84. The summed E-state index contributed by atoms with van der Waals surface area (Å²) >= 11 is 13.2. The molecule has 2 aliphatic rings. The van der Waals surface area contributed by atoms with Gasteiger partial charge in [0.1, 0.15) is 17.8 Å². The Hall–Kier alpha value is -2.80. The number of esters is 1. The Labute approximate surface area is 264 Å². The summed E-state index contributed by atoms with van der Waals surface area (Å²) in [6.45, 7) is 11.1. The fourth-order valence-electron chi connectivity index (χ4n) is 6.22. The number of hydrogen-bond acceptors (Lipinski definition) is 8. The number of halogens is 2. The molecule has 43 heavy (non-hydrogen) atoms. The van der Waals surface area contributed by atoms with Gasteiger partial charge in [0, 0.05) is 30.5 Å². The lowest BCUT2D eigenvalue weighted by Gasteiger charge is -2.52. The number of benzene rings is 2. The molecule has 1 saturated carbocycles. The number of hydrogen-bond donors (Lipinski definition) is 2. The molecule has 230 valence electrons. The van der Waals surface area contributed by atoms with Gasteiger partial charge in [-0.15, -0.1) is 0 Å². The number of aromatic nitrogens is 2. The number of piperidine rings is 1. The summed E-state index contributed by atoms with van der Waals surface area (Å²) in [5.41, 5.74) is 2.36. The zero-order valence-corrected chi connectivity index (χ0v) is 27.8. The van der Waals surface area contributed by atoms with Crippen molar-refractivity contribution in [1.29, 1.82) is 0 Å². The molecule has 2 N–H and O–H groups in total. The Morgan fingerprint density at radius 1 is 1.07 bits per heavy atom. The Bertz CT molecular complexity index is 1540. The largest absolute Gasteiger partial charge is 0.460 e. The Kier molecular flexibility index (Phi) is 9.04. The molecular weight excluding hydrogens is 604 g/mol. The Morgan fingerprint density at radius 3 is 2.42 bits per heavy atom. The van der Waals surface area contributed by atoms with Gasteiger partial charge in [0.05, 0.1) is 22.6 Å². The van der Waals surface area contributed by atoms with Gasteiger partial charge in [-0.1, -0.05) is 35.3 Å². The number of rotatable bonds is 8. The third-order valence-electron chi connectivity index (χ3n) is 8.17. The molecule has 1 aromatic heterocycles. The van der Waals surface area contributed by atoms with Crippen molar-refractivity contribution >= 4 is 70.4 Å². The second-order valence-corrected chi connectivity index (χ2v) is 17.2. The molecule has 1 saturated heterocycles. The summed E-state index contributed by atoms with van der Waals surface area (Å²) in [5.74, 6) is 1.11. The number of nitrogens with zero attached hydrogens (tertiary/aromatic N) is 3. The topological polar surface area (TPSA) is 96.5 Å². The van der Waals surface area contributed by atoms with E-state index in [9.17, 15) is 9.36 Å². The van der Waals surface area contributed by atoms with Gasteiger partial charge >= 0.3 is 5.97 Å². The van der Waals surface area contributed by atoms with Crippen molar-refractivity contribution in [2.45, 2.75) is 58.5 Å². The first-order chi connectivity index (χ1) is 20.2. The van der Waals surface area contributed by atoms with Crippen molar-refractivity contribution in [2.75, 3.05) is 42.0 Å². The lowest BCUT2D eigenvalue weighted by molar-refractivity contribution is -0.158. The molecule has 2 aromatic carbocycles. The van der Waals surface area contributed by atoms with E-state index in [2.05, 4.69) is 25.5 Å². The molecule has 2 heterocycles. The van der Waals surface area contributed by atoms with Crippen molar-refractivity contribution in [1.82, 2.24) is 9.97 Å². The van der Waals surface area contributed by atoms with Crippen LogP contribution in [-0.4, -0.2) is 48.0 Å². The van der Waals surface area contributed by atoms with E-state index < -0.39 is 12.7 Å². The second-order valence-electron chi connectivity index (χ2n) is 13.2. The molecule has 2 fully saturated rings. The van der Waals surface area contributed by atoms with Gasteiger partial charge in [-0.05, 0) is 101 Å². The first kappa shape index (κ1) is 31.6. The highest BCUT2D eigenvalue weighted by Gasteiger charge is 2.46. The van der Waals surface area contributed by atoms with Gasteiger partial charge in [0.15, 0.2) is 5.82 Å². The predicted octanol–water partition coefficient (Wildman–Crippen LogP) is 8.25. The monoisotopic (exact) mass is 643 g/mol. The van der Waals surface area contributed by atoms with Crippen LogP contribution in [0.25, 0.3) is 0 Å². The van der Waals surface area contributed by atoms with Crippen molar-refractivity contribution in [2.24, 2.45) is 11.3 Å². The zero-order valence-electron chi connectivity index (χ0n) is 25.4. The summed E-state index contributed by atoms with van der Waals surface area (Å²) in [6.07, 6.45) is 6.42. The molecule has 11 heteroatoms. The van der Waals surface area contributed by atoms with Crippen LogP contribution in [0.15, 0.2) is 48.7 Å². The number of anilines is 5. The van der Waals surface area contributed by atoms with Crippen molar-refractivity contribution < 1.29 is 14.1 Å². The van der Waals surface area contributed by atoms with Crippen LogP contribution in [-0.2, 0) is 14.1 Å². The average Bonchev–Trinajstić information content (AvgIpc) is 2.89.